The van der Waals surface area contributed by atoms with Crippen molar-refractivity contribution in [2.45, 2.75) is 0 Å². The largest absolute Gasteiger partial charge is 0.351 e. The molecule has 0 atom stereocenters. The van der Waals surface area contributed by atoms with Gasteiger partial charge in [0.1, 0.15) is 11.3 Å². The summed E-state index contributed by atoms with van der Waals surface area (Å²) in [5.41, 5.74) is 5.79. The Morgan fingerprint density at radius 2 is 0.851 bits per heavy atom. The summed E-state index contributed by atoms with van der Waals surface area (Å²) in [6, 6.07) is 37.4. The molecule has 0 spiro atoms. The van der Waals surface area contributed by atoms with Crippen molar-refractivity contribution >= 4 is 44.1 Å². The molecule has 10 rings (SSSR count). The van der Waals surface area contributed by atoms with Crippen LogP contribution < -0.4 is 4.84 Å². The maximum Gasteiger partial charge on any atom is 0.246 e. The van der Waals surface area contributed by atoms with Crippen LogP contribution >= 0.6 is 0 Å². The van der Waals surface area contributed by atoms with Crippen molar-refractivity contribution in [3.05, 3.63) is 121 Å². The number of aromatic amines is 1. The van der Waals surface area contributed by atoms with Gasteiger partial charge in [0.05, 0.1) is 0 Å². The Bertz CT molecular complexity index is 2570. The van der Waals surface area contributed by atoms with E-state index >= 15 is 0 Å². The smallest absolute Gasteiger partial charge is 0.246 e. The summed E-state index contributed by atoms with van der Waals surface area (Å²) >= 11 is 0. The first-order valence-electron chi connectivity index (χ1n) is 15.1. The van der Waals surface area contributed by atoms with Crippen LogP contribution in [-0.2, 0) is 0 Å². The van der Waals surface area contributed by atoms with E-state index in [4.69, 9.17) is 34.7 Å². The lowest BCUT2D eigenvalue weighted by Gasteiger charge is -2.06. The number of pyridine rings is 1. The van der Waals surface area contributed by atoms with Crippen LogP contribution in [0.4, 0.5) is 0 Å². The number of fused-ring (bicyclic) bond motifs is 20. The molecule has 2 aliphatic rings. The molecular weight excluding hydrogens is 586 g/mol. The summed E-state index contributed by atoms with van der Waals surface area (Å²) in [6.45, 7) is 0. The topological polar surface area (TPSA) is 120 Å². The molecule has 47 heavy (non-hydrogen) atoms. The third kappa shape index (κ3) is 3.95. The van der Waals surface area contributed by atoms with Crippen molar-refractivity contribution in [1.82, 2.24) is 44.6 Å². The van der Waals surface area contributed by atoms with Crippen molar-refractivity contribution in [3.63, 3.8) is 0 Å². The molecule has 2 aliphatic heterocycles. The number of hydrogen-bond donors (Lipinski definition) is 1. The van der Waals surface area contributed by atoms with E-state index in [2.05, 4.69) is 9.97 Å². The van der Waals surface area contributed by atoms with Gasteiger partial charge in [0.2, 0.25) is 5.88 Å². The predicted octanol–water partition coefficient (Wildman–Crippen LogP) is 7.58. The zero-order chi connectivity index (χ0) is 30.9. The number of aromatic nitrogens is 9. The second-order valence-electron chi connectivity index (χ2n) is 11.2. The standard InChI is InChI=1S/C37H21N9O/c1-2-12-22-21(11-1)30-39-31(22)41-33-24-14-4-6-16-26(24)35(43-33)45-37-28-18-8-7-17-27(28)36(46(37)47-29-19-9-10-20-38-29)44-34-25-15-5-3-13-23(25)32(40-30)42-34/h1-20H,(H,39,40,41,42,43,44,45). The molecule has 0 fully saturated rings. The predicted molar refractivity (Wildman–Crippen MR) is 180 cm³/mol. The highest BCUT2D eigenvalue weighted by atomic mass is 16.7. The lowest BCUT2D eigenvalue weighted by atomic mass is 10.1. The van der Waals surface area contributed by atoms with Gasteiger partial charge in [-0.15, -0.1) is 4.73 Å². The van der Waals surface area contributed by atoms with E-state index < -0.39 is 0 Å². The molecule has 0 radical (unpaired) electrons. The van der Waals surface area contributed by atoms with Crippen molar-refractivity contribution in [3.8, 4) is 51.4 Å². The SMILES string of the molecule is c1ccc(On2c3nc4nc(nc5[nH]c(nc6nc(nc2c2ccccc23)-c2ccccc2-6)c2ccccc52)-c2ccccc2-4)nc1. The van der Waals surface area contributed by atoms with Gasteiger partial charge in [-0.1, -0.05) is 103 Å². The molecule has 6 heterocycles. The Labute approximate surface area is 266 Å². The van der Waals surface area contributed by atoms with Crippen molar-refractivity contribution in [1.29, 1.82) is 0 Å². The van der Waals surface area contributed by atoms with Crippen LogP contribution in [0.5, 0.6) is 5.88 Å². The monoisotopic (exact) mass is 607 g/mol. The number of H-pyrrole nitrogens is 1. The molecule has 4 aromatic heterocycles. The minimum absolute atomic E-state index is 0.385. The van der Waals surface area contributed by atoms with Gasteiger partial charge in [0.15, 0.2) is 34.6 Å². The highest BCUT2D eigenvalue weighted by Crippen LogP contribution is 2.37. The fraction of sp³-hybridized carbons (Fsp3) is 0. The first-order chi connectivity index (χ1) is 23.3. The van der Waals surface area contributed by atoms with Gasteiger partial charge in [-0.3, -0.25) is 0 Å². The van der Waals surface area contributed by atoms with Crippen LogP contribution in [0.1, 0.15) is 0 Å². The molecule has 8 bridgehead atoms. The number of hydrogen-bond acceptors (Lipinski definition) is 8. The van der Waals surface area contributed by atoms with Crippen LogP contribution in [0.15, 0.2) is 121 Å². The van der Waals surface area contributed by atoms with E-state index in [1.165, 1.54) is 0 Å². The molecule has 0 amide bonds. The average Bonchev–Trinajstić information content (AvgIpc) is 3.84. The van der Waals surface area contributed by atoms with E-state index in [0.29, 0.717) is 51.8 Å². The molecule has 0 saturated carbocycles. The maximum atomic E-state index is 6.48. The van der Waals surface area contributed by atoms with Gasteiger partial charge >= 0.3 is 0 Å². The average molecular weight is 608 g/mol. The number of rotatable bonds is 2. The zero-order valence-corrected chi connectivity index (χ0v) is 24.5. The second kappa shape index (κ2) is 9.85. The second-order valence-corrected chi connectivity index (χ2v) is 11.2. The van der Waals surface area contributed by atoms with E-state index in [9.17, 15) is 0 Å². The minimum atomic E-state index is 0.385. The molecule has 4 aromatic carbocycles. The zero-order valence-electron chi connectivity index (χ0n) is 24.5. The first kappa shape index (κ1) is 25.5. The lowest BCUT2D eigenvalue weighted by Crippen LogP contribution is -2.07. The van der Waals surface area contributed by atoms with Crippen molar-refractivity contribution in [2.75, 3.05) is 0 Å². The Kier molecular flexibility index (Phi) is 5.34. The van der Waals surface area contributed by atoms with Gasteiger partial charge in [0.25, 0.3) is 0 Å². The van der Waals surface area contributed by atoms with Crippen LogP contribution in [0.3, 0.4) is 0 Å². The Morgan fingerprint density at radius 3 is 1.32 bits per heavy atom. The van der Waals surface area contributed by atoms with Gasteiger partial charge in [-0.05, 0) is 6.07 Å². The quantitative estimate of drug-likeness (QED) is 0.214. The highest BCUT2D eigenvalue weighted by Gasteiger charge is 2.23. The van der Waals surface area contributed by atoms with Crippen LogP contribution in [0.2, 0.25) is 0 Å². The molecule has 0 saturated heterocycles. The summed E-state index contributed by atoms with van der Waals surface area (Å²) in [5.74, 6) is 2.48. The fourth-order valence-corrected chi connectivity index (χ4v) is 6.24. The van der Waals surface area contributed by atoms with Gasteiger partial charge < -0.3 is 9.82 Å². The summed E-state index contributed by atoms with van der Waals surface area (Å²) in [6.07, 6.45) is 1.68. The molecule has 1 N–H and O–H groups in total. The van der Waals surface area contributed by atoms with Crippen molar-refractivity contribution in [2.24, 2.45) is 0 Å². The van der Waals surface area contributed by atoms with Crippen LogP contribution in [0, 0.1) is 0 Å². The molecule has 0 unspecified atom stereocenters. The first-order valence-corrected chi connectivity index (χ1v) is 15.1. The van der Waals surface area contributed by atoms with E-state index in [1.54, 1.807) is 17.0 Å². The fourth-order valence-electron chi connectivity index (χ4n) is 6.24. The van der Waals surface area contributed by atoms with E-state index in [1.807, 2.05) is 109 Å². The summed E-state index contributed by atoms with van der Waals surface area (Å²) in [5, 5.41) is 3.51. The number of nitrogens with one attached hydrogen (secondary N) is 1. The Hall–Kier alpha value is -6.81. The Morgan fingerprint density at radius 1 is 0.426 bits per heavy atom. The molecule has 0 aliphatic carbocycles. The molecule has 10 nitrogen and oxygen atoms in total. The summed E-state index contributed by atoms with van der Waals surface area (Å²) in [7, 11) is 0. The van der Waals surface area contributed by atoms with Crippen molar-refractivity contribution < 1.29 is 4.84 Å². The van der Waals surface area contributed by atoms with Gasteiger partial charge in [-0.2, -0.15) is 0 Å². The van der Waals surface area contributed by atoms with Crippen LogP contribution in [-0.4, -0.2) is 44.6 Å². The third-order valence-corrected chi connectivity index (χ3v) is 8.39. The van der Waals surface area contributed by atoms with Gasteiger partial charge in [-0.25, -0.2) is 34.9 Å². The number of benzene rings is 4. The normalized spacial score (nSPS) is 11.8. The molecule has 220 valence electrons. The summed E-state index contributed by atoms with van der Waals surface area (Å²) < 4.78 is 1.62. The van der Waals surface area contributed by atoms with E-state index in [-0.39, 0.29) is 0 Å². The van der Waals surface area contributed by atoms with Crippen LogP contribution in [0.25, 0.3) is 89.7 Å². The molecular formula is C37H21N9O. The molecule has 10 heteroatoms. The lowest BCUT2D eigenvalue weighted by molar-refractivity contribution is 0.227. The summed E-state index contributed by atoms with van der Waals surface area (Å²) in [4.78, 5) is 44.8. The van der Waals surface area contributed by atoms with E-state index in [0.717, 1.165) is 43.8 Å². The number of nitrogens with zero attached hydrogens (tertiary/aromatic N) is 8. The molecule has 8 aromatic rings. The maximum absolute atomic E-state index is 6.48. The minimum Gasteiger partial charge on any atom is -0.351 e. The van der Waals surface area contributed by atoms with Gasteiger partial charge in [0, 0.05) is 56.1 Å². The highest BCUT2D eigenvalue weighted by molar-refractivity contribution is 6.06. The Balaban J connectivity index is 1.43. The third-order valence-electron chi connectivity index (χ3n) is 8.39.